The average molecular weight is 343 g/mol. The van der Waals surface area contributed by atoms with Gasteiger partial charge in [-0.2, -0.15) is 0 Å². The third-order valence-electron chi connectivity index (χ3n) is 5.15. The highest BCUT2D eigenvalue weighted by Gasteiger charge is 2.43. The first-order chi connectivity index (χ1) is 12.0. The van der Waals surface area contributed by atoms with Gasteiger partial charge in [0.25, 0.3) is 0 Å². The number of aryl methyl sites for hydroxylation is 1. The van der Waals surface area contributed by atoms with Gasteiger partial charge in [-0.25, -0.2) is 0 Å². The minimum atomic E-state index is -0.339. The van der Waals surface area contributed by atoms with Crippen LogP contribution >= 0.6 is 0 Å². The second kappa shape index (κ2) is 8.00. The summed E-state index contributed by atoms with van der Waals surface area (Å²) in [7, 11) is 0. The molecule has 2 atom stereocenters. The van der Waals surface area contributed by atoms with Crippen LogP contribution in [0, 0.1) is 5.92 Å². The largest absolute Gasteiger partial charge is 0.342 e. The van der Waals surface area contributed by atoms with E-state index in [0.29, 0.717) is 25.4 Å². The molecule has 2 saturated heterocycles. The lowest BCUT2D eigenvalue weighted by Gasteiger charge is -2.45. The third-order valence-corrected chi connectivity index (χ3v) is 5.15. The molecule has 2 fully saturated rings. The molecule has 0 aliphatic carbocycles. The Kier molecular flexibility index (Phi) is 5.74. The van der Waals surface area contributed by atoms with E-state index < -0.39 is 0 Å². The van der Waals surface area contributed by atoms with Gasteiger partial charge in [-0.1, -0.05) is 44.2 Å². The summed E-state index contributed by atoms with van der Waals surface area (Å²) < 4.78 is 0. The van der Waals surface area contributed by atoms with E-state index in [0.717, 1.165) is 25.9 Å². The number of hydrogen-bond donors (Lipinski definition) is 1. The molecule has 1 aromatic rings. The van der Waals surface area contributed by atoms with Gasteiger partial charge in [-0.15, -0.1) is 0 Å². The number of carbonyl (C=O) groups is 2. The normalized spacial score (nSPS) is 24.4. The molecular weight excluding hydrogens is 314 g/mol. The summed E-state index contributed by atoms with van der Waals surface area (Å²) in [5, 5.41) is 2.94. The first-order valence-electron chi connectivity index (χ1n) is 9.41. The lowest BCUT2D eigenvalue weighted by atomic mass is 9.97. The number of fused-ring (bicyclic) bond motifs is 1. The molecule has 2 aliphatic heterocycles. The molecule has 25 heavy (non-hydrogen) atoms. The van der Waals surface area contributed by atoms with Crippen LogP contribution < -0.4 is 5.32 Å². The SMILES string of the molecule is CC(C)C[C@@H]1NC(=O)[C@H]2CN(CCCc3ccccc3)CCN2C1=O. The second-order valence-electron chi connectivity index (χ2n) is 7.63. The molecule has 2 amide bonds. The summed E-state index contributed by atoms with van der Waals surface area (Å²) in [5.74, 6) is 0.505. The molecule has 0 spiro atoms. The minimum absolute atomic E-state index is 0.0120. The summed E-state index contributed by atoms with van der Waals surface area (Å²) in [6.45, 7) is 7.30. The van der Waals surface area contributed by atoms with Gasteiger partial charge in [-0.05, 0) is 37.3 Å². The monoisotopic (exact) mass is 343 g/mol. The van der Waals surface area contributed by atoms with Gasteiger partial charge in [0.1, 0.15) is 12.1 Å². The zero-order chi connectivity index (χ0) is 17.8. The first-order valence-corrected chi connectivity index (χ1v) is 9.41. The second-order valence-corrected chi connectivity index (χ2v) is 7.63. The van der Waals surface area contributed by atoms with Gasteiger partial charge in [0.15, 0.2) is 0 Å². The van der Waals surface area contributed by atoms with Crippen LogP contribution in [-0.4, -0.2) is 59.9 Å². The highest BCUT2D eigenvalue weighted by Crippen LogP contribution is 2.19. The Morgan fingerprint density at radius 3 is 2.64 bits per heavy atom. The van der Waals surface area contributed by atoms with E-state index in [9.17, 15) is 9.59 Å². The molecule has 0 aromatic heterocycles. The molecule has 1 N–H and O–H groups in total. The zero-order valence-electron chi connectivity index (χ0n) is 15.3. The molecule has 0 unspecified atom stereocenters. The Morgan fingerprint density at radius 2 is 1.92 bits per heavy atom. The number of benzene rings is 1. The van der Waals surface area contributed by atoms with Crippen LogP contribution in [0.1, 0.15) is 32.3 Å². The standard InChI is InChI=1S/C20H29N3O2/c1-15(2)13-17-20(25)23-12-11-22(14-18(23)19(24)21-17)10-6-9-16-7-4-3-5-8-16/h3-5,7-8,15,17-18H,6,9-14H2,1-2H3,(H,21,24)/t17-,18+/m0/s1. The van der Waals surface area contributed by atoms with Crippen molar-refractivity contribution in [2.75, 3.05) is 26.2 Å². The molecule has 136 valence electrons. The van der Waals surface area contributed by atoms with Crippen molar-refractivity contribution in [3.63, 3.8) is 0 Å². The molecule has 0 saturated carbocycles. The summed E-state index contributed by atoms with van der Waals surface area (Å²) in [6.07, 6.45) is 2.84. The van der Waals surface area contributed by atoms with E-state index in [1.165, 1.54) is 5.56 Å². The lowest BCUT2D eigenvalue weighted by Crippen LogP contribution is -2.69. The summed E-state index contributed by atoms with van der Waals surface area (Å²) in [6, 6.07) is 9.82. The minimum Gasteiger partial charge on any atom is -0.342 e. The maximum absolute atomic E-state index is 12.6. The maximum atomic E-state index is 12.6. The number of nitrogens with one attached hydrogen (secondary N) is 1. The van der Waals surface area contributed by atoms with E-state index in [-0.39, 0.29) is 23.9 Å². The predicted molar refractivity (Wildman–Crippen MR) is 98.1 cm³/mol. The van der Waals surface area contributed by atoms with Crippen LogP contribution in [0.4, 0.5) is 0 Å². The quantitative estimate of drug-likeness (QED) is 0.855. The molecule has 2 aliphatic rings. The lowest BCUT2D eigenvalue weighted by molar-refractivity contribution is -0.153. The predicted octanol–water partition coefficient (Wildman–Crippen LogP) is 1.68. The molecule has 2 heterocycles. The number of amides is 2. The molecule has 0 bridgehead atoms. The van der Waals surface area contributed by atoms with Crippen molar-refractivity contribution in [2.45, 2.75) is 45.2 Å². The van der Waals surface area contributed by atoms with Crippen molar-refractivity contribution >= 4 is 11.8 Å². The van der Waals surface area contributed by atoms with Crippen LogP contribution in [0.25, 0.3) is 0 Å². The molecular formula is C20H29N3O2. The number of nitrogens with zero attached hydrogens (tertiary/aromatic N) is 2. The van der Waals surface area contributed by atoms with Crippen molar-refractivity contribution in [3.05, 3.63) is 35.9 Å². The smallest absolute Gasteiger partial charge is 0.245 e. The van der Waals surface area contributed by atoms with Crippen LogP contribution in [0.5, 0.6) is 0 Å². The van der Waals surface area contributed by atoms with E-state index in [1.807, 2.05) is 6.07 Å². The van der Waals surface area contributed by atoms with Gasteiger partial charge < -0.3 is 10.2 Å². The molecule has 5 heteroatoms. The van der Waals surface area contributed by atoms with Crippen LogP contribution in [0.15, 0.2) is 30.3 Å². The summed E-state index contributed by atoms with van der Waals surface area (Å²) in [5.41, 5.74) is 1.35. The van der Waals surface area contributed by atoms with E-state index in [4.69, 9.17) is 0 Å². The number of rotatable bonds is 6. The van der Waals surface area contributed by atoms with Gasteiger partial charge in [-0.3, -0.25) is 14.5 Å². The van der Waals surface area contributed by atoms with E-state index in [1.54, 1.807) is 4.90 Å². The van der Waals surface area contributed by atoms with Crippen molar-refractivity contribution in [2.24, 2.45) is 5.92 Å². The Morgan fingerprint density at radius 1 is 1.16 bits per heavy atom. The first kappa shape index (κ1) is 17.9. The van der Waals surface area contributed by atoms with Crippen molar-refractivity contribution in [1.29, 1.82) is 0 Å². The van der Waals surface area contributed by atoms with Crippen molar-refractivity contribution in [3.8, 4) is 0 Å². The van der Waals surface area contributed by atoms with Crippen LogP contribution in [-0.2, 0) is 16.0 Å². The zero-order valence-corrected chi connectivity index (χ0v) is 15.3. The van der Waals surface area contributed by atoms with Gasteiger partial charge >= 0.3 is 0 Å². The highest BCUT2D eigenvalue weighted by atomic mass is 16.2. The van der Waals surface area contributed by atoms with Gasteiger partial charge in [0, 0.05) is 19.6 Å². The van der Waals surface area contributed by atoms with E-state index >= 15 is 0 Å². The van der Waals surface area contributed by atoms with Crippen molar-refractivity contribution in [1.82, 2.24) is 15.1 Å². The van der Waals surface area contributed by atoms with Gasteiger partial charge in [0.05, 0.1) is 0 Å². The molecule has 3 rings (SSSR count). The summed E-state index contributed by atoms with van der Waals surface area (Å²) in [4.78, 5) is 29.2. The third kappa shape index (κ3) is 4.40. The number of hydrogen-bond acceptors (Lipinski definition) is 3. The molecule has 5 nitrogen and oxygen atoms in total. The fourth-order valence-corrected chi connectivity index (χ4v) is 3.84. The molecule has 1 aromatic carbocycles. The maximum Gasteiger partial charge on any atom is 0.245 e. The molecule has 0 radical (unpaired) electrons. The fraction of sp³-hybridized carbons (Fsp3) is 0.600. The average Bonchev–Trinajstić information content (AvgIpc) is 2.60. The van der Waals surface area contributed by atoms with Crippen LogP contribution in [0.3, 0.4) is 0 Å². The van der Waals surface area contributed by atoms with Crippen LogP contribution in [0.2, 0.25) is 0 Å². The summed E-state index contributed by atoms with van der Waals surface area (Å²) >= 11 is 0. The van der Waals surface area contributed by atoms with Gasteiger partial charge in [0.2, 0.25) is 11.8 Å². The Bertz CT molecular complexity index is 602. The number of piperazine rings is 2. The fourth-order valence-electron chi connectivity index (χ4n) is 3.84. The Balaban J connectivity index is 1.51. The van der Waals surface area contributed by atoms with Crippen molar-refractivity contribution < 1.29 is 9.59 Å². The Hall–Kier alpha value is -1.88. The number of carbonyl (C=O) groups excluding carboxylic acids is 2. The Labute approximate surface area is 150 Å². The van der Waals surface area contributed by atoms with E-state index in [2.05, 4.69) is 48.3 Å². The topological polar surface area (TPSA) is 52.7 Å². The highest BCUT2D eigenvalue weighted by molar-refractivity contribution is 5.97.